The van der Waals surface area contributed by atoms with Crippen molar-refractivity contribution in [1.82, 2.24) is 0 Å². The molecule has 0 saturated carbocycles. The lowest BCUT2D eigenvalue weighted by Crippen LogP contribution is -2.17. The van der Waals surface area contributed by atoms with Gasteiger partial charge in [0.1, 0.15) is 0 Å². The van der Waals surface area contributed by atoms with Crippen molar-refractivity contribution >= 4 is 17.3 Å². The van der Waals surface area contributed by atoms with E-state index in [1.807, 2.05) is 36.4 Å². The summed E-state index contributed by atoms with van der Waals surface area (Å²) in [6, 6.07) is 9.49. The van der Waals surface area contributed by atoms with Crippen LogP contribution in [0, 0.1) is 0 Å². The Bertz CT molecular complexity index is 451. The molecule has 1 aromatic rings. The fourth-order valence-electron chi connectivity index (χ4n) is 1.33. The van der Waals surface area contributed by atoms with E-state index in [2.05, 4.69) is 10.2 Å². The van der Waals surface area contributed by atoms with Gasteiger partial charge in [-0.25, -0.2) is 0 Å². The molecule has 1 atom stereocenters. The highest BCUT2D eigenvalue weighted by molar-refractivity contribution is 6.25. The third kappa shape index (κ3) is 2.70. The Kier molecular flexibility index (Phi) is 3.06. The molecule has 1 aromatic carbocycles. The zero-order valence-electron chi connectivity index (χ0n) is 8.68. The Balaban J connectivity index is 2.11. The maximum absolute atomic E-state index is 6.24. The van der Waals surface area contributed by atoms with Crippen LogP contribution in [-0.4, -0.2) is 5.00 Å². The molecule has 16 heavy (non-hydrogen) atoms. The van der Waals surface area contributed by atoms with E-state index in [4.69, 9.17) is 17.3 Å². The molecular formula is C12H12ClN3. The molecule has 0 heterocycles. The summed E-state index contributed by atoms with van der Waals surface area (Å²) in [6.45, 7) is 0. The molecule has 0 saturated heterocycles. The lowest BCUT2D eigenvalue weighted by Gasteiger charge is -2.18. The van der Waals surface area contributed by atoms with Crippen molar-refractivity contribution in [3.05, 3.63) is 54.3 Å². The van der Waals surface area contributed by atoms with E-state index in [1.165, 1.54) is 0 Å². The van der Waals surface area contributed by atoms with Crippen molar-refractivity contribution in [2.24, 2.45) is 16.0 Å². The first kappa shape index (κ1) is 10.9. The fourth-order valence-corrected chi connectivity index (χ4v) is 1.51. The number of azo groups is 1. The molecule has 1 unspecified atom stereocenters. The zero-order valence-corrected chi connectivity index (χ0v) is 9.43. The molecule has 3 nitrogen and oxygen atoms in total. The molecule has 0 amide bonds. The number of halogens is 1. The van der Waals surface area contributed by atoms with Crippen LogP contribution in [0.1, 0.15) is 6.42 Å². The molecule has 0 fully saturated rings. The number of allylic oxidation sites excluding steroid dienone is 1. The van der Waals surface area contributed by atoms with Gasteiger partial charge < -0.3 is 5.73 Å². The van der Waals surface area contributed by atoms with Gasteiger partial charge in [0.05, 0.1) is 5.69 Å². The lowest BCUT2D eigenvalue weighted by atomic mass is 10.1. The monoisotopic (exact) mass is 233 g/mol. The maximum Gasteiger partial charge on any atom is 0.177 e. The molecule has 0 bridgehead atoms. The Hall–Kier alpha value is -1.61. The predicted octanol–water partition coefficient (Wildman–Crippen LogP) is 3.51. The smallest absolute Gasteiger partial charge is 0.177 e. The Morgan fingerprint density at radius 1 is 1.25 bits per heavy atom. The van der Waals surface area contributed by atoms with Gasteiger partial charge in [-0.3, -0.25) is 0 Å². The highest BCUT2D eigenvalue weighted by Crippen LogP contribution is 2.29. The zero-order chi connectivity index (χ0) is 11.4. The van der Waals surface area contributed by atoms with Crippen molar-refractivity contribution in [1.29, 1.82) is 0 Å². The van der Waals surface area contributed by atoms with Crippen LogP contribution < -0.4 is 5.73 Å². The summed E-state index contributed by atoms with van der Waals surface area (Å²) >= 11 is 6.24. The van der Waals surface area contributed by atoms with Crippen LogP contribution in [-0.2, 0) is 0 Å². The standard InChI is InChI=1S/C12H12ClN3/c13-12(8-6-10(14)7-9-12)16-15-11-4-2-1-3-5-11/h1-8H,9,14H2. The number of nitrogens with two attached hydrogens (primary N) is 1. The fraction of sp³-hybridized carbons (Fsp3) is 0.167. The molecule has 2 rings (SSSR count). The highest BCUT2D eigenvalue weighted by Gasteiger charge is 2.24. The molecule has 4 heteroatoms. The van der Waals surface area contributed by atoms with Gasteiger partial charge in [0, 0.05) is 12.1 Å². The molecule has 0 aromatic heterocycles. The molecule has 1 aliphatic carbocycles. The van der Waals surface area contributed by atoms with Gasteiger partial charge in [0.25, 0.3) is 0 Å². The summed E-state index contributed by atoms with van der Waals surface area (Å²) < 4.78 is 0. The number of hydrogen-bond donors (Lipinski definition) is 1. The average molecular weight is 234 g/mol. The first-order chi connectivity index (χ1) is 7.68. The van der Waals surface area contributed by atoms with Gasteiger partial charge in [-0.2, -0.15) is 10.2 Å². The summed E-state index contributed by atoms with van der Waals surface area (Å²) in [5.41, 5.74) is 7.11. The number of hydrogen-bond acceptors (Lipinski definition) is 3. The van der Waals surface area contributed by atoms with Gasteiger partial charge >= 0.3 is 0 Å². The Morgan fingerprint density at radius 3 is 2.62 bits per heavy atom. The van der Waals surface area contributed by atoms with Crippen molar-refractivity contribution in [2.45, 2.75) is 11.4 Å². The van der Waals surface area contributed by atoms with Crippen LogP contribution >= 0.6 is 11.6 Å². The third-order valence-corrected chi connectivity index (χ3v) is 2.60. The summed E-state index contributed by atoms with van der Waals surface area (Å²) in [7, 11) is 0. The molecule has 1 aliphatic rings. The van der Waals surface area contributed by atoms with Crippen LogP contribution in [0.4, 0.5) is 5.69 Å². The van der Waals surface area contributed by atoms with E-state index in [1.54, 1.807) is 12.2 Å². The second kappa shape index (κ2) is 4.49. The third-order valence-electron chi connectivity index (χ3n) is 2.24. The molecule has 0 aliphatic heterocycles. The van der Waals surface area contributed by atoms with E-state index >= 15 is 0 Å². The van der Waals surface area contributed by atoms with E-state index in [9.17, 15) is 0 Å². The average Bonchev–Trinajstić information content (AvgIpc) is 2.33. The van der Waals surface area contributed by atoms with Crippen LogP contribution in [0.15, 0.2) is 64.5 Å². The highest BCUT2D eigenvalue weighted by atomic mass is 35.5. The number of rotatable bonds is 2. The largest absolute Gasteiger partial charge is 0.399 e. The van der Waals surface area contributed by atoms with Gasteiger partial charge in [0.2, 0.25) is 0 Å². The molecule has 0 spiro atoms. The van der Waals surface area contributed by atoms with Crippen molar-refractivity contribution in [3.8, 4) is 0 Å². The normalized spacial score (nSPS) is 24.7. The van der Waals surface area contributed by atoms with Crippen molar-refractivity contribution in [3.63, 3.8) is 0 Å². The quantitative estimate of drug-likeness (QED) is 0.474. The second-order valence-electron chi connectivity index (χ2n) is 3.60. The maximum atomic E-state index is 6.24. The predicted molar refractivity (Wildman–Crippen MR) is 65.6 cm³/mol. The SMILES string of the molecule is NC1=CCC(Cl)(N=Nc2ccccc2)C=C1. The lowest BCUT2D eigenvalue weighted by molar-refractivity contribution is 0.696. The minimum atomic E-state index is -0.793. The minimum absolute atomic E-state index is 0.563. The molecule has 2 N–H and O–H groups in total. The van der Waals surface area contributed by atoms with Gasteiger partial charge in [-0.1, -0.05) is 35.9 Å². The summed E-state index contributed by atoms with van der Waals surface area (Å²) in [6.07, 6.45) is 5.92. The van der Waals surface area contributed by atoms with Gasteiger partial charge in [-0.15, -0.1) is 0 Å². The van der Waals surface area contributed by atoms with Crippen molar-refractivity contribution in [2.75, 3.05) is 0 Å². The Morgan fingerprint density at radius 2 is 2.00 bits per heavy atom. The van der Waals surface area contributed by atoms with Gasteiger partial charge in [0.15, 0.2) is 5.00 Å². The number of alkyl halides is 1. The van der Waals surface area contributed by atoms with Crippen LogP contribution in [0.2, 0.25) is 0 Å². The first-order valence-corrected chi connectivity index (χ1v) is 5.37. The Labute approximate surface area is 99.3 Å². The van der Waals surface area contributed by atoms with Crippen LogP contribution in [0.25, 0.3) is 0 Å². The van der Waals surface area contributed by atoms with Crippen LogP contribution in [0.3, 0.4) is 0 Å². The first-order valence-electron chi connectivity index (χ1n) is 5.00. The van der Waals surface area contributed by atoms with Gasteiger partial charge in [-0.05, 0) is 24.3 Å². The van der Waals surface area contributed by atoms with Crippen LogP contribution in [0.5, 0.6) is 0 Å². The van der Waals surface area contributed by atoms with E-state index in [0.29, 0.717) is 12.1 Å². The molecule has 82 valence electrons. The minimum Gasteiger partial charge on any atom is -0.399 e. The van der Waals surface area contributed by atoms with E-state index in [0.717, 1.165) is 5.69 Å². The van der Waals surface area contributed by atoms with E-state index < -0.39 is 5.00 Å². The molecule has 0 radical (unpaired) electrons. The summed E-state index contributed by atoms with van der Waals surface area (Å²) in [5.74, 6) is 0. The van der Waals surface area contributed by atoms with Crippen molar-refractivity contribution < 1.29 is 0 Å². The summed E-state index contributed by atoms with van der Waals surface area (Å²) in [4.78, 5) is -0.793. The number of benzene rings is 1. The van der Waals surface area contributed by atoms with E-state index in [-0.39, 0.29) is 0 Å². The second-order valence-corrected chi connectivity index (χ2v) is 4.25. The number of nitrogens with zero attached hydrogens (tertiary/aromatic N) is 2. The topological polar surface area (TPSA) is 50.7 Å². The summed E-state index contributed by atoms with van der Waals surface area (Å²) in [5, 5.41) is 8.22. The molecular weight excluding hydrogens is 222 g/mol.